The van der Waals surface area contributed by atoms with E-state index < -0.39 is 0 Å². The van der Waals surface area contributed by atoms with Crippen LogP contribution in [0.4, 0.5) is 0 Å². The van der Waals surface area contributed by atoms with E-state index in [-0.39, 0.29) is 5.41 Å². The quantitative estimate of drug-likeness (QED) is 0.836. The lowest BCUT2D eigenvalue weighted by Crippen LogP contribution is -2.34. The highest BCUT2D eigenvalue weighted by atomic mass is 16.1. The van der Waals surface area contributed by atoms with Crippen LogP contribution in [0.25, 0.3) is 0 Å². The van der Waals surface area contributed by atoms with E-state index in [1.54, 1.807) is 0 Å². The molecule has 19 heavy (non-hydrogen) atoms. The van der Waals surface area contributed by atoms with Crippen molar-refractivity contribution < 1.29 is 4.79 Å². The predicted octanol–water partition coefficient (Wildman–Crippen LogP) is 3.53. The van der Waals surface area contributed by atoms with E-state index in [0.29, 0.717) is 11.7 Å². The van der Waals surface area contributed by atoms with Crippen molar-refractivity contribution in [2.75, 3.05) is 13.1 Å². The topological polar surface area (TPSA) is 29.1 Å². The van der Waals surface area contributed by atoms with Gasteiger partial charge in [0, 0.05) is 17.5 Å². The third-order valence-electron chi connectivity index (χ3n) is 5.15. The largest absolute Gasteiger partial charge is 0.316 e. The van der Waals surface area contributed by atoms with Crippen LogP contribution in [0.15, 0.2) is 24.3 Å². The summed E-state index contributed by atoms with van der Waals surface area (Å²) in [6.45, 7) is 3.98. The van der Waals surface area contributed by atoms with Crippen LogP contribution in [-0.2, 0) is 0 Å². The van der Waals surface area contributed by atoms with Crippen molar-refractivity contribution in [1.82, 2.24) is 5.32 Å². The van der Waals surface area contributed by atoms with E-state index in [9.17, 15) is 4.79 Å². The fourth-order valence-electron chi connectivity index (χ4n) is 3.46. The van der Waals surface area contributed by atoms with Crippen LogP contribution in [0.2, 0.25) is 0 Å². The Morgan fingerprint density at radius 2 is 2.16 bits per heavy atom. The molecule has 0 radical (unpaired) electrons. The number of hydrogen-bond donors (Lipinski definition) is 1. The maximum atomic E-state index is 13.0. The normalized spacial score (nSPS) is 27.2. The maximum absolute atomic E-state index is 13.0. The first-order chi connectivity index (χ1) is 9.27. The van der Waals surface area contributed by atoms with Gasteiger partial charge in [0.1, 0.15) is 0 Å². The number of hydrogen-bond acceptors (Lipinski definition) is 2. The molecule has 1 N–H and O–H groups in total. The van der Waals surface area contributed by atoms with Gasteiger partial charge >= 0.3 is 0 Å². The van der Waals surface area contributed by atoms with Crippen molar-refractivity contribution in [3.8, 4) is 0 Å². The average molecular weight is 257 g/mol. The molecule has 1 aromatic rings. The van der Waals surface area contributed by atoms with Crippen LogP contribution in [-0.4, -0.2) is 18.9 Å². The highest BCUT2D eigenvalue weighted by Gasteiger charge is 2.41. The van der Waals surface area contributed by atoms with Gasteiger partial charge < -0.3 is 5.32 Å². The lowest BCUT2D eigenvalue weighted by Gasteiger charge is -2.31. The second-order valence-corrected chi connectivity index (χ2v) is 6.10. The molecular formula is C17H23NO. The first-order valence-corrected chi connectivity index (χ1v) is 7.61. The van der Waals surface area contributed by atoms with Gasteiger partial charge in [-0.05, 0) is 43.7 Å². The molecule has 3 rings (SSSR count). The smallest absolute Gasteiger partial charge is 0.170 e. The summed E-state index contributed by atoms with van der Waals surface area (Å²) < 4.78 is 0. The van der Waals surface area contributed by atoms with Crippen molar-refractivity contribution in [2.45, 2.75) is 44.9 Å². The second-order valence-electron chi connectivity index (χ2n) is 6.10. The number of carbonyl (C=O) groups excluding carboxylic acids is 1. The highest BCUT2D eigenvalue weighted by Crippen LogP contribution is 2.41. The van der Waals surface area contributed by atoms with E-state index in [4.69, 9.17) is 0 Å². The molecule has 2 nitrogen and oxygen atoms in total. The van der Waals surface area contributed by atoms with Crippen LogP contribution >= 0.6 is 0 Å². The molecule has 0 spiro atoms. The standard InChI is InChI=1S/C17H23NO/c1-2-17(10-11-18-12-17)16(19)15-9-4-3-8-14(15)13-6-5-7-13/h3-4,8-9,13,18H,2,5-7,10-12H2,1H3. The minimum Gasteiger partial charge on any atom is -0.316 e. The molecule has 0 bridgehead atoms. The van der Waals surface area contributed by atoms with Crippen LogP contribution in [0, 0.1) is 5.41 Å². The zero-order valence-electron chi connectivity index (χ0n) is 11.7. The Morgan fingerprint density at radius 1 is 1.37 bits per heavy atom. The lowest BCUT2D eigenvalue weighted by molar-refractivity contribution is 0.0808. The van der Waals surface area contributed by atoms with Crippen molar-refractivity contribution >= 4 is 5.78 Å². The van der Waals surface area contributed by atoms with Gasteiger partial charge in [-0.3, -0.25) is 4.79 Å². The Balaban J connectivity index is 1.94. The predicted molar refractivity (Wildman–Crippen MR) is 77.6 cm³/mol. The summed E-state index contributed by atoms with van der Waals surface area (Å²) in [6.07, 6.45) is 5.75. The molecule has 1 aliphatic carbocycles. The zero-order chi connectivity index (χ0) is 13.3. The number of benzene rings is 1. The number of carbonyl (C=O) groups is 1. The second kappa shape index (κ2) is 5.09. The Bertz CT molecular complexity index is 470. The Labute approximate surface area is 115 Å². The summed E-state index contributed by atoms with van der Waals surface area (Å²) in [5.41, 5.74) is 2.15. The summed E-state index contributed by atoms with van der Waals surface area (Å²) in [5, 5.41) is 3.37. The minimum absolute atomic E-state index is 0.153. The SMILES string of the molecule is CCC1(C(=O)c2ccccc2C2CCC2)CCNC1. The molecule has 2 heteroatoms. The summed E-state index contributed by atoms with van der Waals surface area (Å²) in [7, 11) is 0. The summed E-state index contributed by atoms with van der Waals surface area (Å²) in [6, 6.07) is 8.31. The fraction of sp³-hybridized carbons (Fsp3) is 0.588. The van der Waals surface area contributed by atoms with Gasteiger partial charge in [0.05, 0.1) is 0 Å². The van der Waals surface area contributed by atoms with E-state index in [1.165, 1.54) is 24.8 Å². The van der Waals surface area contributed by atoms with Gasteiger partial charge in [0.25, 0.3) is 0 Å². The van der Waals surface area contributed by atoms with Gasteiger partial charge in [-0.25, -0.2) is 0 Å². The molecule has 0 aromatic heterocycles. The first-order valence-electron chi connectivity index (χ1n) is 7.61. The third-order valence-corrected chi connectivity index (χ3v) is 5.15. The number of Topliss-reactive ketones (excluding diaryl/α,β-unsaturated/α-hetero) is 1. The number of ketones is 1. The molecule has 1 unspecified atom stereocenters. The van der Waals surface area contributed by atoms with Gasteiger partial charge in [0.2, 0.25) is 0 Å². The van der Waals surface area contributed by atoms with Crippen molar-refractivity contribution in [3.05, 3.63) is 35.4 Å². The van der Waals surface area contributed by atoms with E-state index in [2.05, 4.69) is 24.4 Å². The van der Waals surface area contributed by atoms with Gasteiger partial charge in [0.15, 0.2) is 5.78 Å². The number of rotatable bonds is 4. The van der Waals surface area contributed by atoms with Crippen LogP contribution < -0.4 is 5.32 Å². The van der Waals surface area contributed by atoms with Crippen LogP contribution in [0.5, 0.6) is 0 Å². The van der Waals surface area contributed by atoms with Crippen LogP contribution in [0.1, 0.15) is 60.9 Å². The first kappa shape index (κ1) is 12.9. The van der Waals surface area contributed by atoms with Crippen molar-refractivity contribution in [1.29, 1.82) is 0 Å². The molecule has 1 saturated carbocycles. The Morgan fingerprint density at radius 3 is 2.74 bits per heavy atom. The van der Waals surface area contributed by atoms with Gasteiger partial charge in [-0.15, -0.1) is 0 Å². The highest BCUT2D eigenvalue weighted by molar-refractivity contribution is 6.02. The molecule has 1 aliphatic heterocycles. The number of nitrogens with one attached hydrogen (secondary N) is 1. The zero-order valence-corrected chi connectivity index (χ0v) is 11.7. The van der Waals surface area contributed by atoms with Gasteiger partial charge in [-0.2, -0.15) is 0 Å². The summed E-state index contributed by atoms with van der Waals surface area (Å²) in [4.78, 5) is 13.0. The third kappa shape index (κ3) is 2.12. The van der Waals surface area contributed by atoms with Gasteiger partial charge in [-0.1, -0.05) is 37.6 Å². The van der Waals surface area contributed by atoms with E-state index in [0.717, 1.165) is 31.5 Å². The molecule has 1 atom stereocenters. The van der Waals surface area contributed by atoms with E-state index in [1.807, 2.05) is 12.1 Å². The van der Waals surface area contributed by atoms with Crippen LogP contribution in [0.3, 0.4) is 0 Å². The minimum atomic E-state index is -0.153. The Kier molecular flexibility index (Phi) is 3.44. The van der Waals surface area contributed by atoms with E-state index >= 15 is 0 Å². The summed E-state index contributed by atoms with van der Waals surface area (Å²) >= 11 is 0. The monoisotopic (exact) mass is 257 g/mol. The maximum Gasteiger partial charge on any atom is 0.170 e. The molecule has 0 amide bonds. The molecule has 1 saturated heterocycles. The molecule has 102 valence electrons. The van der Waals surface area contributed by atoms with Crippen molar-refractivity contribution in [3.63, 3.8) is 0 Å². The Hall–Kier alpha value is -1.15. The fourth-order valence-corrected chi connectivity index (χ4v) is 3.46. The summed E-state index contributed by atoms with van der Waals surface area (Å²) in [5.74, 6) is 1.01. The van der Waals surface area contributed by atoms with Crippen molar-refractivity contribution in [2.24, 2.45) is 5.41 Å². The molecule has 1 heterocycles. The molecular weight excluding hydrogens is 234 g/mol. The average Bonchev–Trinajstić information content (AvgIpc) is 2.86. The molecule has 1 aromatic carbocycles. The lowest BCUT2D eigenvalue weighted by atomic mass is 9.72. The molecule has 2 fully saturated rings. The molecule has 2 aliphatic rings.